The lowest BCUT2D eigenvalue weighted by Gasteiger charge is -2.22. The van der Waals surface area contributed by atoms with Gasteiger partial charge in [-0.15, -0.1) is 0 Å². The molecule has 2 aromatic carbocycles. The Kier molecular flexibility index (Phi) is 5.59. The van der Waals surface area contributed by atoms with Gasteiger partial charge in [0.05, 0.1) is 7.11 Å². The highest BCUT2D eigenvalue weighted by Gasteiger charge is 2.20. The van der Waals surface area contributed by atoms with E-state index in [1.807, 2.05) is 31.2 Å². The van der Waals surface area contributed by atoms with Gasteiger partial charge >= 0.3 is 0 Å². The van der Waals surface area contributed by atoms with Gasteiger partial charge in [0.1, 0.15) is 11.6 Å². The minimum atomic E-state index is -0.271. The maximum atomic E-state index is 14.3. The van der Waals surface area contributed by atoms with Crippen molar-refractivity contribution in [2.75, 3.05) is 13.7 Å². The van der Waals surface area contributed by atoms with Crippen molar-refractivity contribution in [1.82, 2.24) is 5.32 Å². The Hall–Kier alpha value is -1.58. The van der Waals surface area contributed by atoms with Crippen molar-refractivity contribution < 1.29 is 9.13 Å². The minimum Gasteiger partial charge on any atom is -0.496 e. The summed E-state index contributed by atoms with van der Waals surface area (Å²) in [6, 6.07) is 12.3. The van der Waals surface area contributed by atoms with E-state index in [2.05, 4.69) is 5.32 Å². The van der Waals surface area contributed by atoms with Crippen molar-refractivity contribution in [2.45, 2.75) is 19.4 Å². The molecule has 0 aromatic heterocycles. The van der Waals surface area contributed by atoms with Crippen LogP contribution in [-0.2, 0) is 6.42 Å². The quantitative estimate of drug-likeness (QED) is 0.855. The van der Waals surface area contributed by atoms with E-state index in [1.165, 1.54) is 6.07 Å². The van der Waals surface area contributed by atoms with Crippen LogP contribution in [0.3, 0.4) is 0 Å². The van der Waals surface area contributed by atoms with Gasteiger partial charge in [-0.1, -0.05) is 42.8 Å². The molecule has 0 spiro atoms. The fourth-order valence-electron chi connectivity index (χ4n) is 2.44. The highest BCUT2D eigenvalue weighted by molar-refractivity contribution is 6.31. The van der Waals surface area contributed by atoms with Crippen LogP contribution >= 0.6 is 11.6 Å². The Morgan fingerprint density at radius 1 is 1.19 bits per heavy atom. The predicted octanol–water partition coefficient (Wildman–Crippen LogP) is 4.38. The molecule has 1 atom stereocenters. The van der Waals surface area contributed by atoms with E-state index >= 15 is 0 Å². The molecule has 1 N–H and O–H groups in total. The van der Waals surface area contributed by atoms with Crippen molar-refractivity contribution in [3.63, 3.8) is 0 Å². The third-order valence-corrected chi connectivity index (χ3v) is 3.78. The first kappa shape index (κ1) is 15.8. The van der Waals surface area contributed by atoms with E-state index in [4.69, 9.17) is 16.3 Å². The molecule has 1 unspecified atom stereocenters. The Balaban J connectivity index is 2.38. The maximum Gasteiger partial charge on any atom is 0.131 e. The summed E-state index contributed by atoms with van der Waals surface area (Å²) in [7, 11) is 1.55. The summed E-state index contributed by atoms with van der Waals surface area (Å²) in [6.07, 6.45) is 0.602. The average Bonchev–Trinajstić information content (AvgIpc) is 2.48. The van der Waals surface area contributed by atoms with Gasteiger partial charge in [0.15, 0.2) is 0 Å². The zero-order chi connectivity index (χ0) is 15.2. The molecule has 0 bridgehead atoms. The van der Waals surface area contributed by atoms with Gasteiger partial charge in [0.25, 0.3) is 0 Å². The minimum absolute atomic E-state index is 0.189. The molecule has 0 aliphatic heterocycles. The van der Waals surface area contributed by atoms with Crippen LogP contribution in [0.15, 0.2) is 42.5 Å². The predicted molar refractivity (Wildman–Crippen MR) is 84.5 cm³/mol. The Labute approximate surface area is 129 Å². The monoisotopic (exact) mass is 307 g/mol. The highest BCUT2D eigenvalue weighted by atomic mass is 35.5. The van der Waals surface area contributed by atoms with Crippen LogP contribution in [0.2, 0.25) is 5.02 Å². The second-order valence-corrected chi connectivity index (χ2v) is 5.17. The van der Waals surface area contributed by atoms with Crippen LogP contribution in [0.4, 0.5) is 4.39 Å². The smallest absolute Gasteiger partial charge is 0.131 e. The molecule has 112 valence electrons. The van der Waals surface area contributed by atoms with Crippen LogP contribution in [0, 0.1) is 5.82 Å². The van der Waals surface area contributed by atoms with E-state index in [0.29, 0.717) is 22.8 Å². The number of nitrogens with one attached hydrogen (secondary N) is 1. The molecule has 2 nitrogen and oxygen atoms in total. The molecular weight excluding hydrogens is 289 g/mol. The molecule has 4 heteroatoms. The van der Waals surface area contributed by atoms with Gasteiger partial charge < -0.3 is 10.1 Å². The normalized spacial score (nSPS) is 12.2. The molecule has 0 heterocycles. The Bertz CT molecular complexity index is 603. The molecule has 2 rings (SSSR count). The Morgan fingerprint density at radius 3 is 2.62 bits per heavy atom. The van der Waals surface area contributed by atoms with E-state index in [1.54, 1.807) is 19.2 Å². The number of hydrogen-bond acceptors (Lipinski definition) is 2. The SMILES string of the molecule is CCNC(Cc1ccccc1Cl)c1c(F)cccc1OC. The zero-order valence-corrected chi connectivity index (χ0v) is 13.0. The first-order chi connectivity index (χ1) is 10.2. The summed E-state index contributed by atoms with van der Waals surface area (Å²) in [4.78, 5) is 0. The molecule has 0 fully saturated rings. The molecule has 0 radical (unpaired) electrons. The average molecular weight is 308 g/mol. The van der Waals surface area contributed by atoms with Gasteiger partial charge in [-0.25, -0.2) is 4.39 Å². The van der Waals surface area contributed by atoms with Crippen molar-refractivity contribution in [3.05, 3.63) is 64.4 Å². The van der Waals surface area contributed by atoms with Crippen molar-refractivity contribution >= 4 is 11.6 Å². The van der Waals surface area contributed by atoms with Crippen LogP contribution in [0.5, 0.6) is 5.75 Å². The summed E-state index contributed by atoms with van der Waals surface area (Å²) < 4.78 is 19.6. The number of hydrogen-bond donors (Lipinski definition) is 1. The summed E-state index contributed by atoms with van der Waals surface area (Å²) in [5.41, 5.74) is 1.53. The summed E-state index contributed by atoms with van der Waals surface area (Å²) in [6.45, 7) is 2.72. The standard InChI is InChI=1S/C17H19ClFNO/c1-3-20-15(11-12-7-4-5-8-13(12)18)17-14(19)9-6-10-16(17)21-2/h4-10,15,20H,3,11H2,1-2H3. The van der Waals surface area contributed by atoms with Gasteiger partial charge in [-0.3, -0.25) is 0 Å². The summed E-state index contributed by atoms with van der Waals surface area (Å²) in [5, 5.41) is 4.00. The lowest BCUT2D eigenvalue weighted by atomic mass is 9.97. The number of halogens is 2. The first-order valence-electron chi connectivity index (χ1n) is 6.96. The molecular formula is C17H19ClFNO. The van der Waals surface area contributed by atoms with Crippen molar-refractivity contribution in [1.29, 1.82) is 0 Å². The number of ether oxygens (including phenoxy) is 1. The van der Waals surface area contributed by atoms with E-state index in [0.717, 1.165) is 12.1 Å². The first-order valence-corrected chi connectivity index (χ1v) is 7.34. The van der Waals surface area contributed by atoms with Crippen LogP contribution in [-0.4, -0.2) is 13.7 Å². The van der Waals surface area contributed by atoms with Crippen molar-refractivity contribution in [2.24, 2.45) is 0 Å². The lowest BCUT2D eigenvalue weighted by Crippen LogP contribution is -2.24. The number of benzene rings is 2. The van der Waals surface area contributed by atoms with Crippen LogP contribution in [0.1, 0.15) is 24.1 Å². The second-order valence-electron chi connectivity index (χ2n) is 4.76. The topological polar surface area (TPSA) is 21.3 Å². The molecule has 0 amide bonds. The largest absolute Gasteiger partial charge is 0.496 e. The summed E-state index contributed by atoms with van der Waals surface area (Å²) in [5.74, 6) is 0.278. The lowest BCUT2D eigenvalue weighted by molar-refractivity contribution is 0.390. The highest BCUT2D eigenvalue weighted by Crippen LogP contribution is 2.31. The molecule has 0 saturated carbocycles. The van der Waals surface area contributed by atoms with E-state index in [-0.39, 0.29) is 11.9 Å². The third-order valence-electron chi connectivity index (χ3n) is 3.41. The van der Waals surface area contributed by atoms with Gasteiger partial charge in [-0.05, 0) is 36.7 Å². The summed E-state index contributed by atoms with van der Waals surface area (Å²) >= 11 is 6.22. The molecule has 0 aliphatic rings. The third kappa shape index (κ3) is 3.74. The van der Waals surface area contributed by atoms with Gasteiger partial charge in [0.2, 0.25) is 0 Å². The van der Waals surface area contributed by atoms with Crippen LogP contribution in [0.25, 0.3) is 0 Å². The van der Waals surface area contributed by atoms with Crippen molar-refractivity contribution in [3.8, 4) is 5.75 Å². The molecule has 21 heavy (non-hydrogen) atoms. The molecule has 0 saturated heterocycles. The van der Waals surface area contributed by atoms with Gasteiger partial charge in [0, 0.05) is 16.6 Å². The van der Waals surface area contributed by atoms with E-state index < -0.39 is 0 Å². The maximum absolute atomic E-state index is 14.3. The number of methoxy groups -OCH3 is 1. The number of rotatable bonds is 6. The van der Waals surface area contributed by atoms with E-state index in [9.17, 15) is 4.39 Å². The fraction of sp³-hybridized carbons (Fsp3) is 0.294. The fourth-order valence-corrected chi connectivity index (χ4v) is 2.65. The van der Waals surface area contributed by atoms with Gasteiger partial charge in [-0.2, -0.15) is 0 Å². The molecule has 2 aromatic rings. The Morgan fingerprint density at radius 2 is 1.95 bits per heavy atom. The number of likely N-dealkylation sites (N-methyl/N-ethyl adjacent to an activating group) is 1. The molecule has 0 aliphatic carbocycles. The zero-order valence-electron chi connectivity index (χ0n) is 12.2. The van der Waals surface area contributed by atoms with Crippen LogP contribution < -0.4 is 10.1 Å². The second kappa shape index (κ2) is 7.43.